The molecule has 2 aromatic heterocycles. The summed E-state index contributed by atoms with van der Waals surface area (Å²) in [6.07, 6.45) is 5.80. The van der Waals surface area contributed by atoms with Crippen LogP contribution in [0.2, 0.25) is 0 Å². The largest absolute Gasteiger partial charge is 0.272 e. The van der Waals surface area contributed by atoms with Crippen molar-refractivity contribution in [2.45, 2.75) is 13.3 Å². The van der Waals surface area contributed by atoms with Crippen LogP contribution in [-0.4, -0.2) is 21.6 Å². The summed E-state index contributed by atoms with van der Waals surface area (Å²) in [6, 6.07) is 9.20. The number of carbonyl (C=O) groups is 1. The number of hydrogen-bond acceptors (Lipinski definition) is 4. The van der Waals surface area contributed by atoms with E-state index in [0.717, 1.165) is 11.3 Å². The van der Waals surface area contributed by atoms with Crippen molar-refractivity contribution >= 4 is 17.4 Å². The van der Waals surface area contributed by atoms with Gasteiger partial charge in [-0.25, -0.2) is 4.98 Å². The number of hydrogen-bond donors (Lipinski definition) is 0. The normalized spacial score (nSPS) is 18.2. The lowest BCUT2D eigenvalue weighted by Crippen LogP contribution is -2.27. The van der Waals surface area contributed by atoms with Gasteiger partial charge in [-0.3, -0.25) is 9.78 Å². The minimum absolute atomic E-state index is 0.0370. The zero-order chi connectivity index (χ0) is 13.9. The second-order valence-corrected chi connectivity index (χ2v) is 4.53. The molecule has 5 heteroatoms. The second-order valence-electron chi connectivity index (χ2n) is 4.53. The van der Waals surface area contributed by atoms with Gasteiger partial charge >= 0.3 is 0 Å². The molecule has 1 aliphatic rings. The Bertz CT molecular complexity index is 639. The zero-order valence-electron chi connectivity index (χ0n) is 11.1. The Hall–Kier alpha value is -2.56. The highest BCUT2D eigenvalue weighted by atomic mass is 16.2. The van der Waals surface area contributed by atoms with E-state index in [2.05, 4.69) is 15.1 Å². The SMILES string of the molecule is CCC1C(=O)N(c2ccccn2)N=C1c1cccnc1. The van der Waals surface area contributed by atoms with E-state index in [0.29, 0.717) is 12.2 Å². The maximum absolute atomic E-state index is 12.5. The highest BCUT2D eigenvalue weighted by Gasteiger charge is 2.36. The third-order valence-corrected chi connectivity index (χ3v) is 3.28. The van der Waals surface area contributed by atoms with Crippen molar-refractivity contribution in [1.82, 2.24) is 9.97 Å². The van der Waals surface area contributed by atoms with Crippen LogP contribution >= 0.6 is 0 Å². The van der Waals surface area contributed by atoms with Gasteiger partial charge in [0, 0.05) is 24.2 Å². The lowest BCUT2D eigenvalue weighted by molar-refractivity contribution is -0.119. The van der Waals surface area contributed by atoms with Crippen LogP contribution in [-0.2, 0) is 4.79 Å². The summed E-state index contributed by atoms with van der Waals surface area (Å²) < 4.78 is 0. The first kappa shape index (κ1) is 12.5. The van der Waals surface area contributed by atoms with Gasteiger partial charge < -0.3 is 0 Å². The van der Waals surface area contributed by atoms with E-state index in [1.165, 1.54) is 5.01 Å². The van der Waals surface area contributed by atoms with Crippen molar-refractivity contribution in [3.05, 3.63) is 54.5 Å². The maximum atomic E-state index is 12.5. The summed E-state index contributed by atoms with van der Waals surface area (Å²) in [5.41, 5.74) is 1.64. The predicted molar refractivity (Wildman–Crippen MR) is 76.3 cm³/mol. The number of rotatable bonds is 3. The lowest BCUT2D eigenvalue weighted by atomic mass is 9.96. The molecule has 0 fully saturated rings. The predicted octanol–water partition coefficient (Wildman–Crippen LogP) is 2.25. The third kappa shape index (κ3) is 2.07. The van der Waals surface area contributed by atoms with E-state index in [1.54, 1.807) is 24.7 Å². The standard InChI is InChI=1S/C15H14N4O/c1-2-12-14(11-6-5-8-16-10-11)18-19(15(12)20)13-7-3-4-9-17-13/h3-10,12H,2H2,1H3. The molecule has 1 aliphatic heterocycles. The van der Waals surface area contributed by atoms with Crippen LogP contribution in [0.5, 0.6) is 0 Å². The molecule has 100 valence electrons. The zero-order valence-corrected chi connectivity index (χ0v) is 11.1. The van der Waals surface area contributed by atoms with Gasteiger partial charge in [0.15, 0.2) is 5.82 Å². The Kier molecular flexibility index (Phi) is 3.25. The minimum atomic E-state index is -0.235. The van der Waals surface area contributed by atoms with Crippen LogP contribution in [0.4, 0.5) is 5.82 Å². The fraction of sp³-hybridized carbons (Fsp3) is 0.200. The van der Waals surface area contributed by atoms with Gasteiger partial charge in [0.2, 0.25) is 0 Å². The molecule has 3 rings (SSSR count). The summed E-state index contributed by atoms with van der Waals surface area (Å²) in [5.74, 6) is 0.279. The molecular weight excluding hydrogens is 252 g/mol. The summed E-state index contributed by atoms with van der Waals surface area (Å²) >= 11 is 0. The summed E-state index contributed by atoms with van der Waals surface area (Å²) in [4.78, 5) is 20.8. The van der Waals surface area contributed by atoms with Gasteiger partial charge in [0.25, 0.3) is 5.91 Å². The van der Waals surface area contributed by atoms with Crippen molar-refractivity contribution in [3.63, 3.8) is 0 Å². The molecule has 0 saturated carbocycles. The molecule has 5 nitrogen and oxygen atoms in total. The molecule has 0 saturated heterocycles. The van der Waals surface area contributed by atoms with Crippen LogP contribution in [0.15, 0.2) is 54.0 Å². The first-order valence-electron chi connectivity index (χ1n) is 6.55. The average molecular weight is 266 g/mol. The maximum Gasteiger partial charge on any atom is 0.258 e. The van der Waals surface area contributed by atoms with Crippen molar-refractivity contribution in [2.75, 3.05) is 5.01 Å². The lowest BCUT2D eigenvalue weighted by Gasteiger charge is -2.11. The first-order valence-corrected chi connectivity index (χ1v) is 6.55. The number of anilines is 1. The van der Waals surface area contributed by atoms with Gasteiger partial charge in [-0.05, 0) is 30.7 Å². The number of aromatic nitrogens is 2. The Balaban J connectivity index is 2.03. The minimum Gasteiger partial charge on any atom is -0.272 e. The highest BCUT2D eigenvalue weighted by Crippen LogP contribution is 2.26. The fourth-order valence-electron chi connectivity index (χ4n) is 2.28. The second kappa shape index (κ2) is 5.21. The molecule has 20 heavy (non-hydrogen) atoms. The molecule has 1 unspecified atom stereocenters. The van der Waals surface area contributed by atoms with Crippen molar-refractivity contribution < 1.29 is 4.79 Å². The van der Waals surface area contributed by atoms with Crippen LogP contribution in [0.3, 0.4) is 0 Å². The van der Waals surface area contributed by atoms with Crippen LogP contribution < -0.4 is 5.01 Å². The van der Waals surface area contributed by atoms with Crippen molar-refractivity contribution in [2.24, 2.45) is 11.0 Å². The topological polar surface area (TPSA) is 58.5 Å². The first-order chi connectivity index (χ1) is 9.81. The van der Waals surface area contributed by atoms with Gasteiger partial charge in [0.05, 0.1) is 11.6 Å². The van der Waals surface area contributed by atoms with Gasteiger partial charge in [-0.2, -0.15) is 10.1 Å². The number of amides is 1. The molecule has 0 spiro atoms. The number of hydrazone groups is 1. The molecule has 0 N–H and O–H groups in total. The molecular formula is C15H14N4O. The smallest absolute Gasteiger partial charge is 0.258 e. The Morgan fingerprint density at radius 3 is 2.75 bits per heavy atom. The number of nitrogens with zero attached hydrogens (tertiary/aromatic N) is 4. The molecule has 2 aromatic rings. The van der Waals surface area contributed by atoms with Crippen molar-refractivity contribution in [3.8, 4) is 0 Å². The Morgan fingerprint density at radius 1 is 1.20 bits per heavy atom. The summed E-state index contributed by atoms with van der Waals surface area (Å²) in [7, 11) is 0. The number of pyridine rings is 2. The van der Waals surface area contributed by atoms with Gasteiger partial charge in [-0.1, -0.05) is 13.0 Å². The molecule has 0 aromatic carbocycles. The quantitative estimate of drug-likeness (QED) is 0.856. The van der Waals surface area contributed by atoms with Crippen LogP contribution in [0.1, 0.15) is 18.9 Å². The average Bonchev–Trinajstić information content (AvgIpc) is 2.86. The molecule has 0 aliphatic carbocycles. The third-order valence-electron chi connectivity index (χ3n) is 3.28. The van der Waals surface area contributed by atoms with E-state index in [9.17, 15) is 4.79 Å². The molecule has 1 atom stereocenters. The summed E-state index contributed by atoms with van der Waals surface area (Å²) in [5, 5.41) is 5.85. The molecule has 0 radical (unpaired) electrons. The van der Waals surface area contributed by atoms with Crippen molar-refractivity contribution in [1.29, 1.82) is 0 Å². The van der Waals surface area contributed by atoms with Gasteiger partial charge in [-0.15, -0.1) is 0 Å². The molecule has 1 amide bonds. The van der Waals surface area contributed by atoms with E-state index < -0.39 is 0 Å². The Morgan fingerprint density at radius 2 is 2.10 bits per heavy atom. The highest BCUT2D eigenvalue weighted by molar-refractivity contribution is 6.21. The van der Waals surface area contributed by atoms with Gasteiger partial charge in [0.1, 0.15) is 0 Å². The van der Waals surface area contributed by atoms with Crippen LogP contribution in [0.25, 0.3) is 0 Å². The number of carbonyl (C=O) groups excluding carboxylic acids is 1. The van der Waals surface area contributed by atoms with E-state index in [4.69, 9.17) is 0 Å². The summed E-state index contributed by atoms with van der Waals surface area (Å²) in [6.45, 7) is 1.98. The van der Waals surface area contributed by atoms with E-state index in [-0.39, 0.29) is 11.8 Å². The van der Waals surface area contributed by atoms with Crippen LogP contribution in [0, 0.1) is 5.92 Å². The molecule has 0 bridgehead atoms. The Labute approximate surface area is 117 Å². The monoisotopic (exact) mass is 266 g/mol. The molecule has 3 heterocycles. The van der Waals surface area contributed by atoms with E-state index >= 15 is 0 Å². The fourth-order valence-corrected chi connectivity index (χ4v) is 2.28. The van der Waals surface area contributed by atoms with E-state index in [1.807, 2.05) is 31.2 Å².